The van der Waals surface area contributed by atoms with E-state index in [4.69, 9.17) is 0 Å². The van der Waals surface area contributed by atoms with Gasteiger partial charge in [0.2, 0.25) is 0 Å². The first-order chi connectivity index (χ1) is 15.6. The first-order valence-electron chi connectivity index (χ1n) is 13.7. The molecule has 0 bridgehead atoms. The van der Waals surface area contributed by atoms with Crippen LogP contribution in [0.4, 0.5) is 0 Å². The summed E-state index contributed by atoms with van der Waals surface area (Å²) in [7, 11) is 0. The Morgan fingerprint density at radius 2 is 1.59 bits per heavy atom. The van der Waals surface area contributed by atoms with E-state index in [0.29, 0.717) is 11.8 Å². The maximum atomic E-state index is 12.9. The normalized spacial score (nSPS) is 54.1. The number of allylic oxidation sites excluding steroid dienone is 2. The monoisotopic (exact) mass is 470 g/mol. The number of aliphatic carboxylic acids is 1. The van der Waals surface area contributed by atoms with E-state index in [1.165, 1.54) is 5.57 Å². The summed E-state index contributed by atoms with van der Waals surface area (Å²) in [6, 6.07) is 0. The summed E-state index contributed by atoms with van der Waals surface area (Å²) in [6.45, 7) is 15.8. The van der Waals surface area contributed by atoms with E-state index >= 15 is 0 Å². The molecule has 0 radical (unpaired) electrons. The van der Waals surface area contributed by atoms with Crippen LogP contribution >= 0.6 is 0 Å². The molecule has 4 fully saturated rings. The quantitative estimate of drug-likeness (QED) is 0.434. The molecule has 5 rings (SSSR count). The summed E-state index contributed by atoms with van der Waals surface area (Å²) in [5.74, 6) is 0.416. The van der Waals surface area contributed by atoms with Gasteiger partial charge in [-0.05, 0) is 92.3 Å². The maximum Gasteiger partial charge on any atom is 0.309 e. The fourth-order valence-electron chi connectivity index (χ4n) is 10.3. The second kappa shape index (κ2) is 6.99. The average Bonchev–Trinajstić information content (AvgIpc) is 2.74. The highest BCUT2D eigenvalue weighted by Gasteiger charge is 2.70. The fourth-order valence-corrected chi connectivity index (χ4v) is 10.3. The van der Waals surface area contributed by atoms with Crippen molar-refractivity contribution in [1.29, 1.82) is 0 Å². The molecule has 0 heterocycles. The average molecular weight is 471 g/mol. The number of ketones is 1. The smallest absolute Gasteiger partial charge is 0.309 e. The van der Waals surface area contributed by atoms with Gasteiger partial charge in [0, 0.05) is 17.3 Å². The van der Waals surface area contributed by atoms with Gasteiger partial charge < -0.3 is 10.2 Å². The molecule has 190 valence electrons. The summed E-state index contributed by atoms with van der Waals surface area (Å²) in [5, 5.41) is 21.5. The van der Waals surface area contributed by atoms with Crippen molar-refractivity contribution in [1.82, 2.24) is 0 Å². The largest absolute Gasteiger partial charge is 0.481 e. The topological polar surface area (TPSA) is 74.6 Å². The van der Waals surface area contributed by atoms with E-state index in [1.807, 2.05) is 6.92 Å². The van der Waals surface area contributed by atoms with Gasteiger partial charge in [0.05, 0.1) is 11.5 Å². The van der Waals surface area contributed by atoms with Crippen LogP contribution in [0.15, 0.2) is 11.6 Å². The molecule has 5 aliphatic rings. The molecule has 4 nitrogen and oxygen atoms in total. The fraction of sp³-hybridized carbons (Fsp3) is 0.867. The number of aliphatic hydroxyl groups excluding tert-OH is 1. The Morgan fingerprint density at radius 1 is 0.941 bits per heavy atom. The SMILES string of the molecule is CC1(C)C(=O)CC(O)[C@]2(C)[C@H]3CC=C4[C@@H]5C[C@@](C)(C(=O)O)CC[C@]5(C)CC[C@@]4(C)[C@]3(C)CC[C@@H]12. The second-order valence-corrected chi connectivity index (χ2v) is 14.8. The van der Waals surface area contributed by atoms with Gasteiger partial charge in [-0.2, -0.15) is 0 Å². The van der Waals surface area contributed by atoms with Crippen molar-refractivity contribution < 1.29 is 19.8 Å². The predicted octanol–water partition coefficient (Wildman–Crippen LogP) is 6.41. The van der Waals surface area contributed by atoms with E-state index in [-0.39, 0.29) is 39.8 Å². The summed E-state index contributed by atoms with van der Waals surface area (Å²) in [4.78, 5) is 25.2. The molecule has 9 atom stereocenters. The molecule has 0 amide bonds. The van der Waals surface area contributed by atoms with Crippen LogP contribution in [0.5, 0.6) is 0 Å². The van der Waals surface area contributed by atoms with E-state index in [2.05, 4.69) is 47.6 Å². The lowest BCUT2D eigenvalue weighted by Crippen LogP contribution is -2.67. The van der Waals surface area contributed by atoms with E-state index < -0.39 is 22.9 Å². The van der Waals surface area contributed by atoms with Crippen LogP contribution in [0.3, 0.4) is 0 Å². The highest BCUT2D eigenvalue weighted by atomic mass is 16.4. The van der Waals surface area contributed by atoms with Crippen molar-refractivity contribution >= 4 is 11.8 Å². The minimum atomic E-state index is -0.646. The van der Waals surface area contributed by atoms with E-state index in [9.17, 15) is 19.8 Å². The highest BCUT2D eigenvalue weighted by molar-refractivity contribution is 5.86. The number of aliphatic hydroxyl groups is 1. The highest BCUT2D eigenvalue weighted by Crippen LogP contribution is 2.75. The molecular weight excluding hydrogens is 424 g/mol. The van der Waals surface area contributed by atoms with Gasteiger partial charge in [-0.1, -0.05) is 53.2 Å². The van der Waals surface area contributed by atoms with Crippen molar-refractivity contribution in [2.75, 3.05) is 0 Å². The van der Waals surface area contributed by atoms with Gasteiger partial charge in [-0.25, -0.2) is 0 Å². The van der Waals surface area contributed by atoms with Crippen LogP contribution in [0.2, 0.25) is 0 Å². The summed E-state index contributed by atoms with van der Waals surface area (Å²) in [6.07, 6.45) is 9.97. The third-order valence-corrected chi connectivity index (χ3v) is 13.2. The van der Waals surface area contributed by atoms with Gasteiger partial charge in [0.15, 0.2) is 0 Å². The number of Topliss-reactive ketones (excluding diaryl/α,β-unsaturated/α-hetero) is 1. The van der Waals surface area contributed by atoms with Crippen LogP contribution in [0.1, 0.15) is 106 Å². The molecule has 4 saturated carbocycles. The lowest BCUT2D eigenvalue weighted by Gasteiger charge is -2.71. The van der Waals surface area contributed by atoms with Crippen LogP contribution in [0, 0.1) is 50.2 Å². The molecule has 5 aliphatic carbocycles. The molecule has 0 saturated heterocycles. The Labute approximate surface area is 206 Å². The number of carboxylic acids is 1. The van der Waals surface area contributed by atoms with Crippen LogP contribution in [-0.4, -0.2) is 28.1 Å². The van der Waals surface area contributed by atoms with Crippen LogP contribution in [-0.2, 0) is 9.59 Å². The van der Waals surface area contributed by atoms with E-state index in [0.717, 1.165) is 51.4 Å². The lowest BCUT2D eigenvalue weighted by atomic mass is 9.33. The number of fused-ring (bicyclic) bond motifs is 7. The minimum Gasteiger partial charge on any atom is -0.481 e. The third-order valence-electron chi connectivity index (χ3n) is 13.2. The van der Waals surface area contributed by atoms with Gasteiger partial charge in [0.25, 0.3) is 0 Å². The molecule has 0 aromatic heterocycles. The standard InChI is InChI=1S/C30H46O4/c1-25(2)20-10-11-29(6)21(30(20,7)23(32)16-22(25)31)9-8-18-19-17-27(4,24(33)34)13-12-26(19,3)14-15-28(18,29)5/h8,19-21,23,32H,9-17H2,1-7H3,(H,33,34)/t19-,20-,21-,23?,26+,27-,28+,29+,30-/m0/s1. The minimum absolute atomic E-state index is 0.0101. The first-order valence-corrected chi connectivity index (χ1v) is 13.7. The zero-order chi connectivity index (χ0) is 25.1. The second-order valence-electron chi connectivity index (χ2n) is 14.8. The summed E-state index contributed by atoms with van der Waals surface area (Å²) >= 11 is 0. The van der Waals surface area contributed by atoms with Gasteiger partial charge in [-0.3, -0.25) is 9.59 Å². The van der Waals surface area contributed by atoms with Gasteiger partial charge >= 0.3 is 5.97 Å². The number of rotatable bonds is 1. The number of carbonyl (C=O) groups is 2. The zero-order valence-electron chi connectivity index (χ0n) is 22.5. The molecule has 1 unspecified atom stereocenters. The Bertz CT molecular complexity index is 965. The van der Waals surface area contributed by atoms with E-state index in [1.54, 1.807) is 0 Å². The Kier molecular flexibility index (Phi) is 5.04. The summed E-state index contributed by atoms with van der Waals surface area (Å²) < 4.78 is 0. The molecule has 0 aromatic carbocycles. The van der Waals surface area contributed by atoms with Gasteiger partial charge in [0.1, 0.15) is 5.78 Å². The Hall–Kier alpha value is -1.16. The third kappa shape index (κ3) is 2.75. The first kappa shape index (κ1) is 24.5. The lowest BCUT2D eigenvalue weighted by molar-refractivity contribution is -0.216. The molecule has 0 aromatic rings. The molecule has 0 spiro atoms. The predicted molar refractivity (Wildman–Crippen MR) is 133 cm³/mol. The van der Waals surface area contributed by atoms with Crippen molar-refractivity contribution in [3.8, 4) is 0 Å². The van der Waals surface area contributed by atoms with Crippen molar-refractivity contribution in [3.05, 3.63) is 11.6 Å². The Balaban J connectivity index is 1.60. The number of carbonyl (C=O) groups excluding carboxylic acids is 1. The van der Waals surface area contributed by atoms with Crippen LogP contribution in [0.25, 0.3) is 0 Å². The van der Waals surface area contributed by atoms with Crippen LogP contribution < -0.4 is 0 Å². The number of hydrogen-bond donors (Lipinski definition) is 2. The van der Waals surface area contributed by atoms with Crippen molar-refractivity contribution in [3.63, 3.8) is 0 Å². The summed E-state index contributed by atoms with van der Waals surface area (Å²) in [5.41, 5.74) is 0.442. The zero-order valence-corrected chi connectivity index (χ0v) is 22.5. The van der Waals surface area contributed by atoms with Crippen molar-refractivity contribution in [2.24, 2.45) is 50.2 Å². The molecule has 34 heavy (non-hydrogen) atoms. The van der Waals surface area contributed by atoms with Crippen molar-refractivity contribution in [2.45, 2.75) is 112 Å². The number of hydrogen-bond acceptors (Lipinski definition) is 3. The Morgan fingerprint density at radius 3 is 2.24 bits per heavy atom. The molecular formula is C30H46O4. The van der Waals surface area contributed by atoms with Gasteiger partial charge in [-0.15, -0.1) is 0 Å². The number of carboxylic acid groups (broad SMARTS) is 1. The molecule has 0 aliphatic heterocycles. The maximum absolute atomic E-state index is 12.9. The molecule has 4 heteroatoms. The molecule has 2 N–H and O–H groups in total.